The molecule has 1 amide bonds. The van der Waals surface area contributed by atoms with Crippen molar-refractivity contribution in [3.05, 3.63) is 61.0 Å². The van der Waals surface area contributed by atoms with Crippen molar-refractivity contribution < 1.29 is 19.2 Å². The molecule has 8 nitrogen and oxygen atoms in total. The molecule has 31 heavy (non-hydrogen) atoms. The quantitative estimate of drug-likeness (QED) is 0.231. The molecule has 2 aromatic rings. The molecule has 0 fully saturated rings. The minimum Gasteiger partial charge on any atom is -0.462 e. The molecular weight excluding hydrogens is 418 g/mol. The fraction of sp³-hybridized carbons (Fsp3) is 0.318. The number of ether oxygens (including phenoxy) is 1. The van der Waals surface area contributed by atoms with E-state index in [1.807, 2.05) is 6.07 Å². The Kier molecular flexibility index (Phi) is 6.82. The van der Waals surface area contributed by atoms with Gasteiger partial charge in [0.15, 0.2) is 0 Å². The topological polar surface area (TPSA) is 122 Å². The number of nitro groups is 1. The monoisotopic (exact) mass is 439 g/mol. The van der Waals surface area contributed by atoms with E-state index >= 15 is 0 Å². The first kappa shape index (κ1) is 22.2. The molecule has 160 valence electrons. The minimum atomic E-state index is -0.685. The molecule has 1 heterocycles. The van der Waals surface area contributed by atoms with Gasteiger partial charge in [0.1, 0.15) is 16.6 Å². The van der Waals surface area contributed by atoms with E-state index in [1.165, 1.54) is 23.5 Å². The highest BCUT2D eigenvalue weighted by atomic mass is 32.1. The van der Waals surface area contributed by atoms with Crippen molar-refractivity contribution in [2.45, 2.75) is 39.5 Å². The Hall–Kier alpha value is -3.51. The highest BCUT2D eigenvalue weighted by Gasteiger charge is 2.27. The third-order valence-electron chi connectivity index (χ3n) is 4.98. The van der Waals surface area contributed by atoms with E-state index in [2.05, 4.69) is 5.32 Å². The third kappa shape index (κ3) is 4.81. The molecule has 0 saturated heterocycles. The number of nitro benzene ring substituents is 1. The Morgan fingerprint density at radius 3 is 2.77 bits per heavy atom. The van der Waals surface area contributed by atoms with E-state index in [-0.39, 0.29) is 17.9 Å². The zero-order valence-electron chi connectivity index (χ0n) is 17.2. The molecule has 1 N–H and O–H groups in total. The summed E-state index contributed by atoms with van der Waals surface area (Å²) in [5.74, 6) is -1.18. The fourth-order valence-electron chi connectivity index (χ4n) is 3.47. The molecule has 0 bridgehead atoms. The first-order valence-corrected chi connectivity index (χ1v) is 10.7. The van der Waals surface area contributed by atoms with E-state index in [0.29, 0.717) is 21.7 Å². The number of rotatable bonds is 6. The first-order valence-electron chi connectivity index (χ1n) is 9.85. The fourth-order valence-corrected chi connectivity index (χ4v) is 4.74. The number of benzene rings is 1. The second-order valence-corrected chi connectivity index (χ2v) is 8.17. The average molecular weight is 439 g/mol. The summed E-state index contributed by atoms with van der Waals surface area (Å²) >= 11 is 1.33. The molecule has 0 aliphatic heterocycles. The van der Waals surface area contributed by atoms with Crippen molar-refractivity contribution >= 4 is 40.0 Å². The minimum absolute atomic E-state index is 0.0954. The molecule has 0 radical (unpaired) electrons. The van der Waals surface area contributed by atoms with E-state index in [9.17, 15) is 25.0 Å². The summed E-state index contributed by atoms with van der Waals surface area (Å²) in [5.41, 5.74) is 1.79. The van der Waals surface area contributed by atoms with Crippen LogP contribution in [0.3, 0.4) is 0 Å². The normalized spacial score (nSPS) is 13.1. The van der Waals surface area contributed by atoms with Gasteiger partial charge in [-0.3, -0.25) is 14.9 Å². The average Bonchev–Trinajstić information content (AvgIpc) is 3.10. The Balaban J connectivity index is 1.93. The van der Waals surface area contributed by atoms with Crippen LogP contribution in [-0.2, 0) is 22.4 Å². The van der Waals surface area contributed by atoms with Gasteiger partial charge in [-0.2, -0.15) is 5.26 Å². The Labute approximate surface area is 183 Å². The number of aryl methyl sites for hydroxylation is 2. The lowest BCUT2D eigenvalue weighted by Gasteiger charge is -2.12. The van der Waals surface area contributed by atoms with Crippen molar-refractivity contribution in [1.82, 2.24) is 0 Å². The molecule has 0 spiro atoms. The van der Waals surface area contributed by atoms with Gasteiger partial charge in [0, 0.05) is 16.5 Å². The summed E-state index contributed by atoms with van der Waals surface area (Å²) in [6.07, 6.45) is 4.83. The number of hydrogen-bond acceptors (Lipinski definition) is 7. The van der Waals surface area contributed by atoms with Crippen LogP contribution in [0.4, 0.5) is 10.7 Å². The van der Waals surface area contributed by atoms with Crippen LogP contribution in [0.15, 0.2) is 23.8 Å². The number of carbonyl (C=O) groups is 2. The lowest BCUT2D eigenvalue weighted by atomic mass is 9.95. The lowest BCUT2D eigenvalue weighted by molar-refractivity contribution is -0.385. The van der Waals surface area contributed by atoms with Crippen LogP contribution in [0.1, 0.15) is 51.7 Å². The number of hydrogen-bond donors (Lipinski definition) is 1. The van der Waals surface area contributed by atoms with E-state index in [1.54, 1.807) is 26.0 Å². The van der Waals surface area contributed by atoms with Gasteiger partial charge < -0.3 is 10.1 Å². The molecule has 3 rings (SSSR count). The first-order chi connectivity index (χ1) is 14.8. The van der Waals surface area contributed by atoms with Gasteiger partial charge in [-0.1, -0.05) is 12.1 Å². The second kappa shape index (κ2) is 9.53. The number of esters is 1. The molecule has 9 heteroatoms. The lowest BCUT2D eigenvalue weighted by Crippen LogP contribution is -2.16. The summed E-state index contributed by atoms with van der Waals surface area (Å²) in [5, 5.41) is 23.7. The van der Waals surface area contributed by atoms with Gasteiger partial charge in [0.05, 0.1) is 17.1 Å². The van der Waals surface area contributed by atoms with Crippen LogP contribution in [0.5, 0.6) is 0 Å². The van der Waals surface area contributed by atoms with Crippen LogP contribution < -0.4 is 5.32 Å². The highest BCUT2D eigenvalue weighted by Crippen LogP contribution is 2.38. The predicted octanol–water partition coefficient (Wildman–Crippen LogP) is 4.57. The molecule has 1 aliphatic carbocycles. The molecule has 1 aromatic carbocycles. The Bertz CT molecular complexity index is 1130. The maximum absolute atomic E-state index is 12.8. The number of amides is 1. The maximum Gasteiger partial charge on any atom is 0.341 e. The number of carbonyl (C=O) groups excluding carboxylic acids is 2. The summed E-state index contributed by atoms with van der Waals surface area (Å²) in [7, 11) is 0. The number of nitrogens with zero attached hydrogens (tertiary/aromatic N) is 2. The van der Waals surface area contributed by atoms with E-state index in [0.717, 1.165) is 36.1 Å². The van der Waals surface area contributed by atoms with Crippen LogP contribution >= 0.6 is 11.3 Å². The molecule has 1 aliphatic rings. The van der Waals surface area contributed by atoms with E-state index in [4.69, 9.17) is 4.74 Å². The Morgan fingerprint density at radius 1 is 1.35 bits per heavy atom. The van der Waals surface area contributed by atoms with Crippen molar-refractivity contribution in [1.29, 1.82) is 5.26 Å². The number of anilines is 1. The van der Waals surface area contributed by atoms with Gasteiger partial charge >= 0.3 is 5.97 Å². The molecule has 1 aromatic heterocycles. The number of nitrogens with one attached hydrogen (secondary N) is 1. The van der Waals surface area contributed by atoms with Crippen molar-refractivity contribution in [3.63, 3.8) is 0 Å². The van der Waals surface area contributed by atoms with Crippen molar-refractivity contribution in [3.8, 4) is 6.07 Å². The Morgan fingerprint density at radius 2 is 2.10 bits per heavy atom. The molecular formula is C22H21N3O5S. The van der Waals surface area contributed by atoms with Gasteiger partial charge in [-0.15, -0.1) is 11.3 Å². The summed E-state index contributed by atoms with van der Waals surface area (Å²) in [4.78, 5) is 37.0. The zero-order valence-corrected chi connectivity index (χ0v) is 18.0. The summed E-state index contributed by atoms with van der Waals surface area (Å²) in [6.45, 7) is 3.54. The van der Waals surface area contributed by atoms with Crippen LogP contribution in [0, 0.1) is 28.4 Å². The summed E-state index contributed by atoms with van der Waals surface area (Å²) < 4.78 is 5.18. The SMILES string of the molecule is CCOC(=O)c1c(NC(=O)C(C#N)=Cc2ccc(C)c([N+](=O)[O-])c2)sc2c1CCCC2. The number of nitriles is 1. The molecule has 0 atom stereocenters. The predicted molar refractivity (Wildman–Crippen MR) is 117 cm³/mol. The standard InChI is InChI=1S/C22H21N3O5S/c1-3-30-22(27)19-16-6-4-5-7-18(16)31-21(19)24-20(26)15(12-23)10-14-9-8-13(2)17(11-14)25(28)29/h8-11H,3-7H2,1-2H3,(H,24,26). The second-order valence-electron chi connectivity index (χ2n) is 7.06. The van der Waals surface area contributed by atoms with Crippen LogP contribution in [0.2, 0.25) is 0 Å². The van der Waals surface area contributed by atoms with Crippen molar-refractivity contribution in [2.24, 2.45) is 0 Å². The van der Waals surface area contributed by atoms with Gasteiger partial charge in [-0.25, -0.2) is 4.79 Å². The molecule has 0 unspecified atom stereocenters. The summed E-state index contributed by atoms with van der Waals surface area (Å²) in [6, 6.07) is 6.31. The van der Waals surface area contributed by atoms with E-state index < -0.39 is 16.8 Å². The van der Waals surface area contributed by atoms with Gasteiger partial charge in [-0.05, 0) is 56.7 Å². The van der Waals surface area contributed by atoms with Crippen molar-refractivity contribution in [2.75, 3.05) is 11.9 Å². The molecule has 0 saturated carbocycles. The third-order valence-corrected chi connectivity index (χ3v) is 6.19. The zero-order chi connectivity index (χ0) is 22.5. The van der Waals surface area contributed by atoms with Crippen LogP contribution in [0.25, 0.3) is 6.08 Å². The number of thiophene rings is 1. The van der Waals surface area contributed by atoms with Crippen LogP contribution in [-0.4, -0.2) is 23.4 Å². The number of fused-ring (bicyclic) bond motifs is 1. The largest absolute Gasteiger partial charge is 0.462 e. The highest BCUT2D eigenvalue weighted by molar-refractivity contribution is 7.17. The van der Waals surface area contributed by atoms with Gasteiger partial charge in [0.2, 0.25) is 0 Å². The smallest absolute Gasteiger partial charge is 0.341 e. The maximum atomic E-state index is 12.8. The van der Waals surface area contributed by atoms with Gasteiger partial charge in [0.25, 0.3) is 11.6 Å².